The van der Waals surface area contributed by atoms with Gasteiger partial charge < -0.3 is 19.9 Å². The molecule has 23 heavy (non-hydrogen) atoms. The number of amides is 1. The Labute approximate surface area is 143 Å². The molecule has 1 saturated heterocycles. The Bertz CT molecular complexity index is 584. The number of methoxy groups -OCH3 is 1. The lowest BCUT2D eigenvalue weighted by Gasteiger charge is -2.33. The zero-order valence-corrected chi connectivity index (χ0v) is 14.5. The number of carboxylic acid groups (broad SMARTS) is 1. The molecule has 1 aromatic carbocycles. The van der Waals surface area contributed by atoms with Crippen LogP contribution in [0.4, 0.5) is 0 Å². The van der Waals surface area contributed by atoms with E-state index in [4.69, 9.17) is 9.47 Å². The molecule has 0 unspecified atom stereocenters. The molecule has 0 saturated carbocycles. The van der Waals surface area contributed by atoms with Gasteiger partial charge in [-0.25, -0.2) is 0 Å². The van der Waals surface area contributed by atoms with Crippen LogP contribution in [0.3, 0.4) is 0 Å². The molecule has 6 nitrogen and oxygen atoms in total. The number of carboxylic acids is 1. The zero-order chi connectivity index (χ0) is 16.9. The van der Waals surface area contributed by atoms with Crippen molar-refractivity contribution in [1.82, 2.24) is 5.32 Å². The minimum Gasteiger partial charge on any atom is -0.496 e. The van der Waals surface area contributed by atoms with Crippen LogP contribution in [0, 0.1) is 5.41 Å². The van der Waals surface area contributed by atoms with Crippen molar-refractivity contribution in [1.29, 1.82) is 0 Å². The maximum Gasteiger partial charge on any atom is 0.311 e. The van der Waals surface area contributed by atoms with Gasteiger partial charge in [0.15, 0.2) is 0 Å². The summed E-state index contributed by atoms with van der Waals surface area (Å²) < 4.78 is 11.3. The third-order valence-corrected chi connectivity index (χ3v) is 4.61. The van der Waals surface area contributed by atoms with Gasteiger partial charge in [-0.05, 0) is 31.0 Å². The SMILES string of the molecule is COc1ccc(Br)cc1CC(=O)NCC1(C(=O)O)CCOCC1. The topological polar surface area (TPSA) is 84.9 Å². The van der Waals surface area contributed by atoms with Gasteiger partial charge in [-0.2, -0.15) is 0 Å². The highest BCUT2D eigenvalue weighted by molar-refractivity contribution is 9.10. The molecule has 7 heteroatoms. The van der Waals surface area contributed by atoms with Crippen LogP contribution in [0.25, 0.3) is 0 Å². The first-order valence-corrected chi connectivity index (χ1v) is 8.16. The van der Waals surface area contributed by atoms with E-state index in [0.717, 1.165) is 10.0 Å². The van der Waals surface area contributed by atoms with Crippen molar-refractivity contribution < 1.29 is 24.2 Å². The Balaban J connectivity index is 1.99. The van der Waals surface area contributed by atoms with E-state index in [1.807, 2.05) is 12.1 Å². The first-order valence-electron chi connectivity index (χ1n) is 7.37. The third kappa shape index (κ3) is 4.45. The molecule has 1 aromatic rings. The molecule has 0 aliphatic carbocycles. The smallest absolute Gasteiger partial charge is 0.311 e. The molecule has 126 valence electrons. The second-order valence-electron chi connectivity index (χ2n) is 5.61. The summed E-state index contributed by atoms with van der Waals surface area (Å²) in [6.07, 6.45) is 0.945. The van der Waals surface area contributed by atoms with E-state index in [1.54, 1.807) is 13.2 Å². The molecule has 1 amide bonds. The van der Waals surface area contributed by atoms with Crippen LogP contribution in [0.5, 0.6) is 5.75 Å². The van der Waals surface area contributed by atoms with Crippen LogP contribution in [0.15, 0.2) is 22.7 Å². The summed E-state index contributed by atoms with van der Waals surface area (Å²) in [5.74, 6) is -0.489. The van der Waals surface area contributed by atoms with Gasteiger partial charge in [0.05, 0.1) is 18.9 Å². The van der Waals surface area contributed by atoms with Gasteiger partial charge in [-0.3, -0.25) is 9.59 Å². The predicted molar refractivity (Wildman–Crippen MR) is 87.5 cm³/mol. The Morgan fingerprint density at radius 3 is 2.70 bits per heavy atom. The van der Waals surface area contributed by atoms with Gasteiger partial charge in [0.1, 0.15) is 5.75 Å². The third-order valence-electron chi connectivity index (χ3n) is 4.12. The summed E-state index contributed by atoms with van der Waals surface area (Å²) in [6, 6.07) is 5.44. The Kier molecular flexibility index (Phi) is 6.01. The van der Waals surface area contributed by atoms with Gasteiger partial charge in [-0.1, -0.05) is 15.9 Å². The molecule has 2 N–H and O–H groups in total. The fourth-order valence-electron chi connectivity index (χ4n) is 2.62. The van der Waals surface area contributed by atoms with E-state index in [1.165, 1.54) is 0 Å². The van der Waals surface area contributed by atoms with Crippen molar-refractivity contribution >= 4 is 27.8 Å². The van der Waals surface area contributed by atoms with E-state index in [2.05, 4.69) is 21.2 Å². The lowest BCUT2D eigenvalue weighted by molar-refractivity contribution is -0.154. The standard InChI is InChI=1S/C16H20BrNO5/c1-22-13-3-2-12(17)8-11(13)9-14(19)18-10-16(15(20)21)4-6-23-7-5-16/h2-3,8H,4-7,9-10H2,1H3,(H,18,19)(H,20,21). The maximum absolute atomic E-state index is 12.2. The molecule has 2 rings (SSSR count). The van der Waals surface area contributed by atoms with Crippen molar-refractivity contribution in [3.8, 4) is 5.75 Å². The number of hydrogen-bond donors (Lipinski definition) is 2. The number of carbonyl (C=O) groups excluding carboxylic acids is 1. The monoisotopic (exact) mass is 385 g/mol. The number of carbonyl (C=O) groups is 2. The van der Waals surface area contributed by atoms with E-state index in [9.17, 15) is 14.7 Å². The molecule has 1 fully saturated rings. The molecule has 1 heterocycles. The van der Waals surface area contributed by atoms with Crippen molar-refractivity contribution in [3.63, 3.8) is 0 Å². The number of benzene rings is 1. The maximum atomic E-state index is 12.2. The Morgan fingerprint density at radius 1 is 1.39 bits per heavy atom. The van der Waals surface area contributed by atoms with Crippen LogP contribution in [0.2, 0.25) is 0 Å². The lowest BCUT2D eigenvalue weighted by Crippen LogP contribution is -2.46. The first kappa shape index (κ1) is 17.7. The van der Waals surface area contributed by atoms with Gasteiger partial charge >= 0.3 is 5.97 Å². The number of nitrogens with one attached hydrogen (secondary N) is 1. The van der Waals surface area contributed by atoms with Gasteiger partial charge in [0.25, 0.3) is 0 Å². The molecule has 0 radical (unpaired) electrons. The fourth-order valence-corrected chi connectivity index (χ4v) is 3.03. The van der Waals surface area contributed by atoms with E-state index in [0.29, 0.717) is 31.8 Å². The second kappa shape index (κ2) is 7.79. The number of hydrogen-bond acceptors (Lipinski definition) is 4. The number of ether oxygens (including phenoxy) is 2. The second-order valence-corrected chi connectivity index (χ2v) is 6.52. The number of aliphatic carboxylic acids is 1. The molecule has 0 aromatic heterocycles. The Hall–Kier alpha value is -1.60. The van der Waals surface area contributed by atoms with E-state index < -0.39 is 11.4 Å². The van der Waals surface area contributed by atoms with Crippen LogP contribution >= 0.6 is 15.9 Å². The quantitative estimate of drug-likeness (QED) is 0.781. The van der Waals surface area contributed by atoms with Gasteiger partial charge in [0, 0.05) is 29.8 Å². The van der Waals surface area contributed by atoms with Crippen LogP contribution in [-0.4, -0.2) is 43.9 Å². The van der Waals surface area contributed by atoms with Crippen LogP contribution in [0.1, 0.15) is 18.4 Å². The number of rotatable bonds is 6. The summed E-state index contributed by atoms with van der Waals surface area (Å²) in [6.45, 7) is 0.921. The Morgan fingerprint density at radius 2 is 2.09 bits per heavy atom. The largest absolute Gasteiger partial charge is 0.496 e. The lowest BCUT2D eigenvalue weighted by atomic mass is 9.80. The molecular weight excluding hydrogens is 366 g/mol. The molecule has 1 aliphatic rings. The van der Waals surface area contributed by atoms with E-state index >= 15 is 0 Å². The summed E-state index contributed by atoms with van der Waals surface area (Å²) in [7, 11) is 1.55. The van der Waals surface area contributed by atoms with Gasteiger partial charge in [0.2, 0.25) is 5.91 Å². The van der Waals surface area contributed by atoms with Crippen molar-refractivity contribution in [2.45, 2.75) is 19.3 Å². The summed E-state index contributed by atoms with van der Waals surface area (Å²) in [5, 5.41) is 12.2. The first-order chi connectivity index (χ1) is 11.0. The van der Waals surface area contributed by atoms with Crippen LogP contribution in [-0.2, 0) is 20.7 Å². The molecule has 0 spiro atoms. The van der Waals surface area contributed by atoms with E-state index in [-0.39, 0.29) is 18.9 Å². The van der Waals surface area contributed by atoms with Crippen molar-refractivity contribution in [2.24, 2.45) is 5.41 Å². The average Bonchev–Trinajstić information content (AvgIpc) is 2.54. The highest BCUT2D eigenvalue weighted by atomic mass is 79.9. The summed E-state index contributed by atoms with van der Waals surface area (Å²) >= 11 is 3.37. The molecular formula is C16H20BrNO5. The highest BCUT2D eigenvalue weighted by Gasteiger charge is 2.40. The summed E-state index contributed by atoms with van der Waals surface area (Å²) in [4.78, 5) is 23.8. The van der Waals surface area contributed by atoms with Crippen molar-refractivity contribution in [3.05, 3.63) is 28.2 Å². The minimum atomic E-state index is -0.935. The highest BCUT2D eigenvalue weighted by Crippen LogP contribution is 2.30. The normalized spacial score (nSPS) is 16.6. The average molecular weight is 386 g/mol. The number of halogens is 1. The van der Waals surface area contributed by atoms with Crippen molar-refractivity contribution in [2.75, 3.05) is 26.9 Å². The predicted octanol–water partition coefficient (Wildman–Crippen LogP) is 2.00. The minimum absolute atomic E-state index is 0.112. The molecule has 1 aliphatic heterocycles. The molecule has 0 atom stereocenters. The summed E-state index contributed by atoms with van der Waals surface area (Å²) in [5.41, 5.74) is -0.189. The zero-order valence-electron chi connectivity index (χ0n) is 12.9. The molecule has 0 bridgehead atoms. The van der Waals surface area contributed by atoms with Crippen LogP contribution < -0.4 is 10.1 Å². The van der Waals surface area contributed by atoms with Gasteiger partial charge in [-0.15, -0.1) is 0 Å². The fraction of sp³-hybridized carbons (Fsp3) is 0.500.